The molecule has 1 aliphatic rings. The first-order chi connectivity index (χ1) is 7.66. The Labute approximate surface area is 92.4 Å². The van der Waals surface area contributed by atoms with Crippen LogP contribution in [-0.2, 0) is 11.3 Å². The second kappa shape index (κ2) is 4.58. The Bertz CT molecular complexity index is 379. The highest BCUT2D eigenvalue weighted by molar-refractivity contribution is 5.73. The van der Waals surface area contributed by atoms with Gasteiger partial charge in [-0.15, -0.1) is 10.2 Å². The molecule has 1 fully saturated rings. The van der Waals surface area contributed by atoms with E-state index in [1.165, 1.54) is 0 Å². The molecule has 1 saturated heterocycles. The monoisotopic (exact) mass is 226 g/mol. The van der Waals surface area contributed by atoms with E-state index in [0.29, 0.717) is 31.4 Å². The zero-order valence-corrected chi connectivity index (χ0v) is 9.01. The summed E-state index contributed by atoms with van der Waals surface area (Å²) in [5.41, 5.74) is 0. The number of rotatable bonds is 3. The van der Waals surface area contributed by atoms with Crippen molar-refractivity contribution in [1.29, 1.82) is 0 Å². The molecule has 0 aliphatic carbocycles. The van der Waals surface area contributed by atoms with Crippen LogP contribution in [0.2, 0.25) is 0 Å². The van der Waals surface area contributed by atoms with Gasteiger partial charge in [-0.25, -0.2) is 0 Å². The van der Waals surface area contributed by atoms with Crippen LogP contribution in [0.4, 0.5) is 0 Å². The normalized spacial score (nSPS) is 22.2. The molecule has 7 heteroatoms. The van der Waals surface area contributed by atoms with Crippen molar-refractivity contribution < 1.29 is 14.3 Å². The summed E-state index contributed by atoms with van der Waals surface area (Å²) in [7, 11) is 0. The van der Waals surface area contributed by atoms with Gasteiger partial charge in [-0.2, -0.15) is 0 Å². The van der Waals surface area contributed by atoms with Crippen LogP contribution in [0.25, 0.3) is 0 Å². The SMILES string of the molecule is Cc1nnc(CN2CCNCC2C(=O)O)o1. The Morgan fingerprint density at radius 3 is 3.12 bits per heavy atom. The molecule has 16 heavy (non-hydrogen) atoms. The van der Waals surface area contributed by atoms with Gasteiger partial charge in [-0.05, 0) is 0 Å². The van der Waals surface area contributed by atoms with E-state index in [0.717, 1.165) is 6.54 Å². The summed E-state index contributed by atoms with van der Waals surface area (Å²) in [5, 5.41) is 19.7. The first-order valence-electron chi connectivity index (χ1n) is 5.13. The van der Waals surface area contributed by atoms with Crippen LogP contribution in [0.1, 0.15) is 11.8 Å². The third kappa shape index (κ3) is 2.37. The lowest BCUT2D eigenvalue weighted by molar-refractivity contribution is -0.144. The second-order valence-corrected chi connectivity index (χ2v) is 3.74. The van der Waals surface area contributed by atoms with Crippen LogP contribution in [0.15, 0.2) is 4.42 Å². The summed E-state index contributed by atoms with van der Waals surface area (Å²) >= 11 is 0. The Balaban J connectivity index is 2.03. The molecule has 0 saturated carbocycles. The number of nitrogens with zero attached hydrogens (tertiary/aromatic N) is 3. The van der Waals surface area contributed by atoms with Gasteiger partial charge in [0.15, 0.2) is 0 Å². The summed E-state index contributed by atoms with van der Waals surface area (Å²) in [6.45, 7) is 3.99. The smallest absolute Gasteiger partial charge is 0.322 e. The molecule has 1 aromatic heterocycles. The van der Waals surface area contributed by atoms with E-state index >= 15 is 0 Å². The number of hydrogen-bond acceptors (Lipinski definition) is 6. The molecule has 0 bridgehead atoms. The maximum absolute atomic E-state index is 11.0. The molecule has 1 atom stereocenters. The Hall–Kier alpha value is -1.47. The number of aliphatic carboxylic acids is 1. The molecule has 2 heterocycles. The second-order valence-electron chi connectivity index (χ2n) is 3.74. The van der Waals surface area contributed by atoms with E-state index in [1.807, 2.05) is 4.90 Å². The van der Waals surface area contributed by atoms with E-state index in [9.17, 15) is 4.79 Å². The molecule has 2 N–H and O–H groups in total. The van der Waals surface area contributed by atoms with Crippen molar-refractivity contribution in [1.82, 2.24) is 20.4 Å². The molecule has 2 rings (SSSR count). The van der Waals surface area contributed by atoms with Crippen LogP contribution in [-0.4, -0.2) is 51.8 Å². The van der Waals surface area contributed by atoms with Crippen molar-refractivity contribution in [2.45, 2.75) is 19.5 Å². The quantitative estimate of drug-likeness (QED) is 0.699. The van der Waals surface area contributed by atoms with Crippen molar-refractivity contribution in [2.75, 3.05) is 19.6 Å². The summed E-state index contributed by atoms with van der Waals surface area (Å²) in [6, 6.07) is -0.527. The van der Waals surface area contributed by atoms with Crippen LogP contribution >= 0.6 is 0 Å². The van der Waals surface area contributed by atoms with Crippen LogP contribution in [0.5, 0.6) is 0 Å². The third-order valence-electron chi connectivity index (χ3n) is 2.55. The minimum Gasteiger partial charge on any atom is -0.480 e. The van der Waals surface area contributed by atoms with Gasteiger partial charge in [0.25, 0.3) is 0 Å². The lowest BCUT2D eigenvalue weighted by Gasteiger charge is -2.32. The van der Waals surface area contributed by atoms with Gasteiger partial charge < -0.3 is 14.8 Å². The number of nitrogens with one attached hydrogen (secondary N) is 1. The van der Waals surface area contributed by atoms with Gasteiger partial charge in [-0.3, -0.25) is 9.69 Å². The van der Waals surface area contributed by atoms with Crippen molar-refractivity contribution in [3.8, 4) is 0 Å². The molecule has 1 aliphatic heterocycles. The highest BCUT2D eigenvalue weighted by atomic mass is 16.4. The number of piperazine rings is 1. The fourth-order valence-corrected chi connectivity index (χ4v) is 1.75. The summed E-state index contributed by atoms with van der Waals surface area (Å²) in [5.74, 6) is 0.131. The van der Waals surface area contributed by atoms with Gasteiger partial charge in [0.1, 0.15) is 6.04 Å². The number of carbonyl (C=O) groups is 1. The number of carboxylic acids is 1. The topological polar surface area (TPSA) is 91.5 Å². The van der Waals surface area contributed by atoms with Gasteiger partial charge >= 0.3 is 5.97 Å². The average molecular weight is 226 g/mol. The molecule has 0 spiro atoms. The lowest BCUT2D eigenvalue weighted by atomic mass is 10.2. The van der Waals surface area contributed by atoms with Crippen molar-refractivity contribution >= 4 is 5.97 Å². The summed E-state index contributed by atoms with van der Waals surface area (Å²) in [6.07, 6.45) is 0. The first kappa shape index (κ1) is 11.0. The van der Waals surface area contributed by atoms with E-state index < -0.39 is 12.0 Å². The van der Waals surface area contributed by atoms with Crippen LogP contribution < -0.4 is 5.32 Å². The minimum atomic E-state index is -0.830. The lowest BCUT2D eigenvalue weighted by Crippen LogP contribution is -2.54. The van der Waals surface area contributed by atoms with E-state index in [2.05, 4.69) is 15.5 Å². The molecular formula is C9H14N4O3. The molecule has 0 aromatic carbocycles. The number of aromatic nitrogens is 2. The first-order valence-corrected chi connectivity index (χ1v) is 5.13. The fraction of sp³-hybridized carbons (Fsp3) is 0.667. The van der Waals surface area contributed by atoms with Crippen LogP contribution in [0.3, 0.4) is 0 Å². The molecular weight excluding hydrogens is 212 g/mol. The Kier molecular flexibility index (Phi) is 3.16. The molecule has 88 valence electrons. The fourth-order valence-electron chi connectivity index (χ4n) is 1.75. The van der Waals surface area contributed by atoms with Gasteiger partial charge in [0.2, 0.25) is 11.8 Å². The molecule has 0 amide bonds. The zero-order valence-electron chi connectivity index (χ0n) is 9.01. The van der Waals surface area contributed by atoms with Gasteiger partial charge in [0.05, 0.1) is 6.54 Å². The highest BCUT2D eigenvalue weighted by Crippen LogP contribution is 2.09. The summed E-state index contributed by atoms with van der Waals surface area (Å²) in [4.78, 5) is 12.8. The maximum atomic E-state index is 11.0. The molecule has 0 radical (unpaired) electrons. The largest absolute Gasteiger partial charge is 0.480 e. The number of aryl methyl sites for hydroxylation is 1. The number of hydrogen-bond donors (Lipinski definition) is 2. The maximum Gasteiger partial charge on any atom is 0.322 e. The summed E-state index contributed by atoms with van der Waals surface area (Å²) < 4.78 is 5.24. The van der Waals surface area contributed by atoms with E-state index in [4.69, 9.17) is 9.52 Å². The van der Waals surface area contributed by atoms with E-state index in [-0.39, 0.29) is 0 Å². The van der Waals surface area contributed by atoms with Crippen LogP contribution in [0, 0.1) is 6.92 Å². The predicted octanol–water partition coefficient (Wildman–Crippen LogP) is -0.764. The molecule has 1 unspecified atom stereocenters. The number of carboxylic acid groups (broad SMARTS) is 1. The van der Waals surface area contributed by atoms with Crippen molar-refractivity contribution in [2.24, 2.45) is 0 Å². The highest BCUT2D eigenvalue weighted by Gasteiger charge is 2.29. The Morgan fingerprint density at radius 1 is 1.69 bits per heavy atom. The Morgan fingerprint density at radius 2 is 2.50 bits per heavy atom. The molecule has 7 nitrogen and oxygen atoms in total. The van der Waals surface area contributed by atoms with Gasteiger partial charge in [0, 0.05) is 26.6 Å². The van der Waals surface area contributed by atoms with E-state index in [1.54, 1.807) is 6.92 Å². The molecule has 1 aromatic rings. The third-order valence-corrected chi connectivity index (χ3v) is 2.55. The minimum absolute atomic E-state index is 0.388. The standard InChI is InChI=1S/C9H14N4O3/c1-6-11-12-8(16-6)5-13-3-2-10-4-7(13)9(14)15/h7,10H,2-5H2,1H3,(H,14,15). The van der Waals surface area contributed by atoms with Gasteiger partial charge in [-0.1, -0.05) is 0 Å². The average Bonchev–Trinajstić information content (AvgIpc) is 2.64. The van der Waals surface area contributed by atoms with Crippen molar-refractivity contribution in [3.63, 3.8) is 0 Å². The zero-order chi connectivity index (χ0) is 11.5. The van der Waals surface area contributed by atoms with Crippen molar-refractivity contribution in [3.05, 3.63) is 11.8 Å². The predicted molar refractivity (Wildman–Crippen MR) is 53.7 cm³/mol.